The number of hydroxylamine groups is 1. The van der Waals surface area contributed by atoms with Gasteiger partial charge in [-0.2, -0.15) is 0 Å². The molecule has 2 aliphatic heterocycles. The summed E-state index contributed by atoms with van der Waals surface area (Å²) in [5, 5.41) is 18.2. The SMILES string of the molecule is Cc1ccc(COC2CCN(S(=O)(=O)C3CCOCC3(O)C(=O)NO)CC2)cc1. The maximum Gasteiger partial charge on any atom is 0.279 e. The molecule has 2 heterocycles. The molecule has 162 valence electrons. The summed E-state index contributed by atoms with van der Waals surface area (Å²) in [6.07, 6.45) is 0.964. The van der Waals surface area contributed by atoms with Crippen LogP contribution < -0.4 is 5.48 Å². The first-order valence-electron chi connectivity index (χ1n) is 9.68. The van der Waals surface area contributed by atoms with E-state index in [-0.39, 0.29) is 32.2 Å². The molecule has 9 nitrogen and oxygen atoms in total. The molecule has 2 atom stereocenters. The summed E-state index contributed by atoms with van der Waals surface area (Å²) in [6.45, 7) is 2.60. The second-order valence-electron chi connectivity index (χ2n) is 7.64. The summed E-state index contributed by atoms with van der Waals surface area (Å²) < 4.78 is 38.5. The van der Waals surface area contributed by atoms with E-state index in [4.69, 9.17) is 14.7 Å². The molecule has 3 N–H and O–H groups in total. The normalized spacial score (nSPS) is 26.9. The fourth-order valence-corrected chi connectivity index (χ4v) is 5.93. The lowest BCUT2D eigenvalue weighted by atomic mass is 9.95. The molecule has 2 aliphatic rings. The van der Waals surface area contributed by atoms with Crippen LogP contribution in [0.25, 0.3) is 0 Å². The molecule has 1 aromatic rings. The summed E-state index contributed by atoms with van der Waals surface area (Å²) in [5.74, 6) is -1.18. The molecule has 0 aromatic heterocycles. The second-order valence-corrected chi connectivity index (χ2v) is 9.75. The Morgan fingerprint density at radius 2 is 1.93 bits per heavy atom. The van der Waals surface area contributed by atoms with Crippen molar-refractivity contribution < 1.29 is 33.0 Å². The maximum atomic E-state index is 13.1. The number of ether oxygens (including phenoxy) is 2. The van der Waals surface area contributed by atoms with Gasteiger partial charge in [0.25, 0.3) is 5.91 Å². The van der Waals surface area contributed by atoms with Crippen LogP contribution in [0.4, 0.5) is 0 Å². The molecule has 3 rings (SSSR count). The molecule has 0 spiro atoms. The van der Waals surface area contributed by atoms with Crippen molar-refractivity contribution in [3.63, 3.8) is 0 Å². The standard InChI is InChI=1S/C19H28N2O7S/c1-14-2-4-15(5-3-14)12-28-16-6-9-21(10-7-16)29(25,26)17-8-11-27-13-19(17,23)18(22)20-24/h2-5,16-17,23-24H,6-13H2,1H3,(H,20,22). The highest BCUT2D eigenvalue weighted by Crippen LogP contribution is 2.31. The smallest absolute Gasteiger partial charge is 0.279 e. The lowest BCUT2D eigenvalue weighted by molar-refractivity contribution is -0.161. The van der Waals surface area contributed by atoms with Crippen LogP contribution in [-0.4, -0.2) is 72.2 Å². The molecular formula is C19H28N2O7S. The minimum Gasteiger partial charge on any atom is -0.378 e. The van der Waals surface area contributed by atoms with Crippen LogP contribution in [0.1, 0.15) is 30.4 Å². The van der Waals surface area contributed by atoms with Gasteiger partial charge in [-0.3, -0.25) is 10.0 Å². The first kappa shape index (κ1) is 22.1. The van der Waals surface area contributed by atoms with Crippen LogP contribution in [-0.2, 0) is 30.9 Å². The Bertz CT molecular complexity index is 806. The minimum absolute atomic E-state index is 0.0316. The molecule has 1 aromatic carbocycles. The maximum absolute atomic E-state index is 13.1. The molecule has 29 heavy (non-hydrogen) atoms. The number of aliphatic hydroxyl groups is 1. The largest absolute Gasteiger partial charge is 0.378 e. The quantitative estimate of drug-likeness (QED) is 0.440. The summed E-state index contributed by atoms with van der Waals surface area (Å²) in [6, 6.07) is 8.05. The third-order valence-corrected chi connectivity index (χ3v) is 8.03. The number of benzene rings is 1. The third kappa shape index (κ3) is 4.79. The average molecular weight is 429 g/mol. The Balaban J connectivity index is 1.60. The number of hydrogen-bond acceptors (Lipinski definition) is 7. The van der Waals surface area contributed by atoms with Crippen molar-refractivity contribution in [2.75, 3.05) is 26.3 Å². The predicted molar refractivity (Wildman–Crippen MR) is 104 cm³/mol. The lowest BCUT2D eigenvalue weighted by Gasteiger charge is -2.41. The van der Waals surface area contributed by atoms with Crippen molar-refractivity contribution in [1.82, 2.24) is 9.79 Å². The van der Waals surface area contributed by atoms with E-state index in [1.807, 2.05) is 31.2 Å². The van der Waals surface area contributed by atoms with Gasteiger partial charge < -0.3 is 14.6 Å². The number of hydrogen-bond donors (Lipinski definition) is 3. The summed E-state index contributed by atoms with van der Waals surface area (Å²) in [5.41, 5.74) is 1.26. The number of aryl methyl sites for hydroxylation is 1. The number of carbonyl (C=O) groups is 1. The number of piperidine rings is 1. The number of rotatable bonds is 6. The van der Waals surface area contributed by atoms with E-state index in [1.165, 1.54) is 15.3 Å². The van der Waals surface area contributed by atoms with E-state index >= 15 is 0 Å². The highest BCUT2D eigenvalue weighted by Gasteiger charge is 2.54. The third-order valence-electron chi connectivity index (χ3n) is 5.60. The van der Waals surface area contributed by atoms with Crippen molar-refractivity contribution in [3.8, 4) is 0 Å². The van der Waals surface area contributed by atoms with Crippen LogP contribution in [0, 0.1) is 6.92 Å². The van der Waals surface area contributed by atoms with Crippen LogP contribution in [0.3, 0.4) is 0 Å². The highest BCUT2D eigenvalue weighted by molar-refractivity contribution is 7.89. The Hall–Kier alpha value is -1.56. The first-order chi connectivity index (χ1) is 13.8. The Kier molecular flexibility index (Phi) is 6.92. The summed E-state index contributed by atoms with van der Waals surface area (Å²) in [4.78, 5) is 11.9. The number of carbonyl (C=O) groups excluding carboxylic acids is 1. The van der Waals surface area contributed by atoms with Crippen molar-refractivity contribution >= 4 is 15.9 Å². The van der Waals surface area contributed by atoms with Gasteiger partial charge in [0.15, 0.2) is 5.60 Å². The van der Waals surface area contributed by atoms with Gasteiger partial charge in [0.05, 0.1) is 19.3 Å². The van der Waals surface area contributed by atoms with Gasteiger partial charge in [0.2, 0.25) is 10.0 Å². The molecule has 1 amide bonds. The van der Waals surface area contributed by atoms with Gasteiger partial charge in [-0.1, -0.05) is 29.8 Å². The van der Waals surface area contributed by atoms with E-state index in [0.717, 1.165) is 5.56 Å². The molecule has 2 unspecified atom stereocenters. The average Bonchev–Trinajstić information content (AvgIpc) is 2.73. The molecule has 2 saturated heterocycles. The predicted octanol–water partition coefficient (Wildman–Crippen LogP) is 0.331. The first-order valence-corrected chi connectivity index (χ1v) is 11.2. The van der Waals surface area contributed by atoms with Gasteiger partial charge in [-0.15, -0.1) is 0 Å². The van der Waals surface area contributed by atoms with Crippen molar-refractivity contribution in [3.05, 3.63) is 35.4 Å². The molecular weight excluding hydrogens is 400 g/mol. The van der Waals surface area contributed by atoms with Gasteiger partial charge >= 0.3 is 0 Å². The van der Waals surface area contributed by atoms with Crippen LogP contribution in [0.15, 0.2) is 24.3 Å². The molecule has 2 fully saturated rings. The zero-order valence-corrected chi connectivity index (χ0v) is 17.2. The van der Waals surface area contributed by atoms with Gasteiger partial charge in [-0.25, -0.2) is 18.2 Å². The molecule has 0 bridgehead atoms. The number of amides is 1. The van der Waals surface area contributed by atoms with Gasteiger partial charge in [-0.05, 0) is 31.7 Å². The number of nitrogens with zero attached hydrogens (tertiary/aromatic N) is 1. The van der Waals surface area contributed by atoms with Gasteiger partial charge in [0.1, 0.15) is 5.25 Å². The zero-order chi connectivity index (χ0) is 21.1. The van der Waals surface area contributed by atoms with E-state index in [2.05, 4.69) is 0 Å². The van der Waals surface area contributed by atoms with E-state index in [0.29, 0.717) is 19.4 Å². The fraction of sp³-hybridized carbons (Fsp3) is 0.632. The zero-order valence-electron chi connectivity index (χ0n) is 16.4. The Morgan fingerprint density at radius 1 is 1.28 bits per heavy atom. The Morgan fingerprint density at radius 3 is 2.55 bits per heavy atom. The van der Waals surface area contributed by atoms with Gasteiger partial charge in [0, 0.05) is 19.7 Å². The van der Waals surface area contributed by atoms with Crippen molar-refractivity contribution in [2.24, 2.45) is 0 Å². The summed E-state index contributed by atoms with van der Waals surface area (Å²) in [7, 11) is -3.97. The molecule has 0 radical (unpaired) electrons. The van der Waals surface area contributed by atoms with E-state index in [1.54, 1.807) is 0 Å². The minimum atomic E-state index is -3.97. The topological polar surface area (TPSA) is 125 Å². The monoisotopic (exact) mass is 428 g/mol. The molecule has 0 saturated carbocycles. The second kappa shape index (κ2) is 9.07. The number of sulfonamides is 1. The summed E-state index contributed by atoms with van der Waals surface area (Å²) >= 11 is 0. The Labute approximate surface area is 170 Å². The molecule has 0 aliphatic carbocycles. The van der Waals surface area contributed by atoms with Crippen molar-refractivity contribution in [1.29, 1.82) is 0 Å². The fourth-order valence-electron chi connectivity index (χ4n) is 3.79. The molecule has 10 heteroatoms. The van der Waals surface area contributed by atoms with E-state index < -0.39 is 33.4 Å². The van der Waals surface area contributed by atoms with Crippen LogP contribution in [0.5, 0.6) is 0 Å². The van der Waals surface area contributed by atoms with E-state index in [9.17, 15) is 18.3 Å². The lowest BCUT2D eigenvalue weighted by Crippen LogP contribution is -2.64. The van der Waals surface area contributed by atoms with Crippen LogP contribution >= 0.6 is 0 Å². The van der Waals surface area contributed by atoms with Crippen molar-refractivity contribution in [2.45, 2.75) is 49.7 Å². The van der Waals surface area contributed by atoms with Crippen LogP contribution in [0.2, 0.25) is 0 Å². The number of nitrogens with one attached hydrogen (secondary N) is 1. The highest BCUT2D eigenvalue weighted by atomic mass is 32.2.